The number of ketones is 1. The first-order chi connectivity index (χ1) is 15.0. The van der Waals surface area contributed by atoms with Crippen LogP contribution in [0.2, 0.25) is 0 Å². The summed E-state index contributed by atoms with van der Waals surface area (Å²) in [5.41, 5.74) is 1.71. The van der Waals surface area contributed by atoms with Crippen molar-refractivity contribution in [3.63, 3.8) is 0 Å². The highest BCUT2D eigenvalue weighted by Crippen LogP contribution is 2.18. The van der Waals surface area contributed by atoms with Gasteiger partial charge in [0.2, 0.25) is 11.7 Å². The molecular weight excluding hydrogens is 396 g/mol. The van der Waals surface area contributed by atoms with E-state index in [0.717, 1.165) is 11.1 Å². The zero-order valence-electron chi connectivity index (χ0n) is 17.5. The number of ether oxygens (including phenoxy) is 1. The van der Waals surface area contributed by atoms with Crippen LogP contribution >= 0.6 is 0 Å². The lowest BCUT2D eigenvalue weighted by Crippen LogP contribution is -2.52. The maximum atomic E-state index is 12.9. The first kappa shape index (κ1) is 22.2. The van der Waals surface area contributed by atoms with Crippen LogP contribution in [-0.2, 0) is 36.9 Å². The number of rotatable bonds is 8. The predicted molar refractivity (Wildman–Crippen MR) is 114 cm³/mol. The van der Waals surface area contributed by atoms with Crippen LogP contribution < -0.4 is 5.32 Å². The van der Waals surface area contributed by atoms with Crippen molar-refractivity contribution in [1.82, 2.24) is 10.2 Å². The van der Waals surface area contributed by atoms with Crippen LogP contribution in [-0.4, -0.2) is 47.1 Å². The first-order valence-corrected chi connectivity index (χ1v) is 10.3. The Labute approximate surface area is 181 Å². The third kappa shape index (κ3) is 6.01. The molecule has 1 aliphatic heterocycles. The van der Waals surface area contributed by atoms with Gasteiger partial charge in [-0.1, -0.05) is 60.7 Å². The van der Waals surface area contributed by atoms with Crippen LogP contribution in [0.4, 0.5) is 0 Å². The summed E-state index contributed by atoms with van der Waals surface area (Å²) in [5, 5.41) is 2.75. The number of nitrogens with zero attached hydrogens (tertiary/aromatic N) is 1. The van der Waals surface area contributed by atoms with E-state index >= 15 is 0 Å². The highest BCUT2D eigenvalue weighted by molar-refractivity contribution is 6.35. The van der Waals surface area contributed by atoms with E-state index in [9.17, 15) is 19.2 Å². The Bertz CT molecular complexity index is 930. The van der Waals surface area contributed by atoms with Gasteiger partial charge in [-0.25, -0.2) is 4.79 Å². The molecule has 2 aromatic rings. The van der Waals surface area contributed by atoms with Crippen LogP contribution in [0.3, 0.4) is 0 Å². The fraction of sp³-hybridized carbons (Fsp3) is 0.333. The predicted octanol–water partition coefficient (Wildman–Crippen LogP) is 2.04. The normalized spacial score (nSPS) is 16.4. The number of hydrogen-bond donors (Lipinski definition) is 1. The standard InChI is InChI=1S/C24H26N2O5/c1-17(27)23(29)26-14-8-13-21(26)22(28)25-20(15-18-9-4-2-5-10-18)24(30)31-16-19-11-6-3-7-12-19/h2-7,9-12,20-21H,8,13-16H2,1H3,(H,25,28)/t20-,21-/m0/s1. The molecule has 0 bridgehead atoms. The number of hydrogen-bond acceptors (Lipinski definition) is 5. The number of esters is 1. The Balaban J connectivity index is 1.71. The van der Waals surface area contributed by atoms with Crippen LogP contribution in [0, 0.1) is 0 Å². The van der Waals surface area contributed by atoms with Crippen molar-refractivity contribution in [1.29, 1.82) is 0 Å². The Morgan fingerprint density at radius 2 is 1.61 bits per heavy atom. The first-order valence-electron chi connectivity index (χ1n) is 10.3. The molecule has 0 unspecified atom stereocenters. The van der Waals surface area contributed by atoms with Gasteiger partial charge in [0.1, 0.15) is 18.7 Å². The van der Waals surface area contributed by atoms with Gasteiger partial charge >= 0.3 is 5.97 Å². The summed E-state index contributed by atoms with van der Waals surface area (Å²) in [6.07, 6.45) is 1.33. The minimum Gasteiger partial charge on any atom is -0.459 e. The van der Waals surface area contributed by atoms with Crippen molar-refractivity contribution < 1.29 is 23.9 Å². The van der Waals surface area contributed by atoms with E-state index < -0.39 is 35.7 Å². The molecule has 0 saturated carbocycles. The smallest absolute Gasteiger partial charge is 0.329 e. The van der Waals surface area contributed by atoms with E-state index in [1.165, 1.54) is 11.8 Å². The molecule has 2 aromatic carbocycles. The van der Waals surface area contributed by atoms with Crippen molar-refractivity contribution in [3.05, 3.63) is 71.8 Å². The molecule has 0 aliphatic carbocycles. The van der Waals surface area contributed by atoms with Gasteiger partial charge in [0.05, 0.1) is 0 Å². The number of benzene rings is 2. The number of likely N-dealkylation sites (tertiary alicyclic amines) is 1. The second-order valence-corrected chi connectivity index (χ2v) is 7.56. The maximum Gasteiger partial charge on any atom is 0.329 e. The lowest BCUT2D eigenvalue weighted by atomic mass is 10.1. The van der Waals surface area contributed by atoms with Gasteiger partial charge in [-0.2, -0.15) is 0 Å². The van der Waals surface area contributed by atoms with E-state index in [4.69, 9.17) is 4.74 Å². The highest BCUT2D eigenvalue weighted by Gasteiger charge is 2.37. The molecule has 31 heavy (non-hydrogen) atoms. The van der Waals surface area contributed by atoms with Crippen LogP contribution in [0.5, 0.6) is 0 Å². The Kier molecular flexibility index (Phi) is 7.54. The van der Waals surface area contributed by atoms with Crippen LogP contribution in [0.15, 0.2) is 60.7 Å². The van der Waals surface area contributed by atoms with Gasteiger partial charge in [-0.15, -0.1) is 0 Å². The highest BCUT2D eigenvalue weighted by atomic mass is 16.5. The summed E-state index contributed by atoms with van der Waals surface area (Å²) >= 11 is 0. The summed E-state index contributed by atoms with van der Waals surface area (Å²) in [7, 11) is 0. The fourth-order valence-electron chi connectivity index (χ4n) is 3.62. The van der Waals surface area contributed by atoms with Crippen molar-refractivity contribution in [3.8, 4) is 0 Å². The molecule has 2 amide bonds. The van der Waals surface area contributed by atoms with Gasteiger partial charge < -0.3 is 15.0 Å². The van der Waals surface area contributed by atoms with E-state index in [0.29, 0.717) is 19.4 Å². The number of nitrogens with one attached hydrogen (secondary N) is 1. The molecule has 0 aromatic heterocycles. The number of amides is 2. The van der Waals surface area contributed by atoms with Crippen molar-refractivity contribution in [2.75, 3.05) is 6.54 Å². The molecule has 1 N–H and O–H groups in total. The van der Waals surface area contributed by atoms with Crippen molar-refractivity contribution in [2.24, 2.45) is 0 Å². The van der Waals surface area contributed by atoms with Crippen molar-refractivity contribution in [2.45, 2.75) is 44.9 Å². The van der Waals surface area contributed by atoms with Gasteiger partial charge in [0.15, 0.2) is 0 Å². The SMILES string of the molecule is CC(=O)C(=O)N1CCC[C@H]1C(=O)N[C@@H](Cc1ccccc1)C(=O)OCc1ccccc1. The van der Waals surface area contributed by atoms with Crippen LogP contribution in [0.25, 0.3) is 0 Å². The molecule has 1 aliphatic rings. The van der Waals surface area contributed by atoms with Gasteiger partial charge in [0.25, 0.3) is 5.91 Å². The van der Waals surface area contributed by atoms with E-state index in [1.807, 2.05) is 60.7 Å². The molecule has 0 radical (unpaired) electrons. The molecular formula is C24H26N2O5. The summed E-state index contributed by atoms with van der Waals surface area (Å²) in [5.74, 6) is -2.29. The topological polar surface area (TPSA) is 92.8 Å². The molecule has 7 heteroatoms. The molecule has 3 rings (SSSR count). The summed E-state index contributed by atoms with van der Waals surface area (Å²) < 4.78 is 5.45. The largest absolute Gasteiger partial charge is 0.459 e. The number of carbonyl (C=O) groups is 4. The summed E-state index contributed by atoms with van der Waals surface area (Å²) in [4.78, 5) is 50.7. The Morgan fingerprint density at radius 1 is 1.00 bits per heavy atom. The number of carbonyl (C=O) groups excluding carboxylic acids is 4. The van der Waals surface area contributed by atoms with E-state index in [2.05, 4.69) is 5.32 Å². The van der Waals surface area contributed by atoms with Crippen molar-refractivity contribution >= 4 is 23.6 Å². The molecule has 7 nitrogen and oxygen atoms in total. The van der Waals surface area contributed by atoms with Gasteiger partial charge in [-0.05, 0) is 24.0 Å². The monoisotopic (exact) mass is 422 g/mol. The molecule has 2 atom stereocenters. The average molecular weight is 422 g/mol. The summed E-state index contributed by atoms with van der Waals surface area (Å²) in [6.45, 7) is 1.63. The second kappa shape index (κ2) is 10.5. The van der Waals surface area contributed by atoms with Crippen LogP contribution in [0.1, 0.15) is 30.9 Å². The van der Waals surface area contributed by atoms with E-state index in [1.54, 1.807) is 0 Å². The molecule has 0 spiro atoms. The molecule has 162 valence electrons. The average Bonchev–Trinajstić information content (AvgIpc) is 3.28. The number of Topliss-reactive ketones (excluding diaryl/α,β-unsaturated/α-hetero) is 1. The fourth-order valence-corrected chi connectivity index (χ4v) is 3.62. The third-order valence-electron chi connectivity index (χ3n) is 5.23. The third-order valence-corrected chi connectivity index (χ3v) is 5.23. The van der Waals surface area contributed by atoms with Gasteiger partial charge in [0, 0.05) is 19.9 Å². The summed E-state index contributed by atoms with van der Waals surface area (Å²) in [6, 6.07) is 16.9. The zero-order chi connectivity index (χ0) is 22.2. The van der Waals surface area contributed by atoms with Gasteiger partial charge in [-0.3, -0.25) is 14.4 Å². The minimum atomic E-state index is -0.909. The molecule has 1 heterocycles. The quantitative estimate of drug-likeness (QED) is 0.519. The second-order valence-electron chi connectivity index (χ2n) is 7.56. The lowest BCUT2D eigenvalue weighted by Gasteiger charge is -2.25. The molecule has 1 saturated heterocycles. The zero-order valence-corrected chi connectivity index (χ0v) is 17.5. The molecule has 1 fully saturated rings. The lowest BCUT2D eigenvalue weighted by molar-refractivity contribution is -0.150. The Morgan fingerprint density at radius 3 is 2.23 bits per heavy atom. The Hall–Kier alpha value is -3.48. The van der Waals surface area contributed by atoms with E-state index in [-0.39, 0.29) is 13.0 Å². The minimum absolute atomic E-state index is 0.0964. The maximum absolute atomic E-state index is 12.9.